The zero-order valence-electron chi connectivity index (χ0n) is 15.1. The van der Waals surface area contributed by atoms with Crippen LogP contribution in [0.25, 0.3) is 22.3 Å². The minimum absolute atomic E-state index is 0.0239. The van der Waals surface area contributed by atoms with Crippen LogP contribution >= 0.6 is 0 Å². The molecule has 4 rings (SSSR count). The molecule has 0 aliphatic heterocycles. The Morgan fingerprint density at radius 2 is 0.714 bits per heavy atom. The first-order valence-electron chi connectivity index (χ1n) is 8.90. The van der Waals surface area contributed by atoms with Crippen LogP contribution in [-0.4, -0.2) is 13.3 Å². The van der Waals surface area contributed by atoms with E-state index in [9.17, 15) is 13.3 Å². The van der Waals surface area contributed by atoms with Gasteiger partial charge < -0.3 is 9.11 Å². The van der Waals surface area contributed by atoms with Gasteiger partial charge in [-0.25, -0.2) is 4.21 Å². The van der Waals surface area contributed by atoms with Crippen molar-refractivity contribution in [2.75, 3.05) is 0 Å². The molecule has 4 aromatic rings. The van der Waals surface area contributed by atoms with Crippen LogP contribution in [0.1, 0.15) is 0 Å². The number of rotatable bonds is 4. The van der Waals surface area contributed by atoms with Gasteiger partial charge in [0, 0.05) is 0 Å². The fourth-order valence-corrected chi connectivity index (χ4v) is 4.71. The molecular weight excluding hydrogens is 368 g/mol. The third kappa shape index (κ3) is 3.41. The van der Waals surface area contributed by atoms with Crippen molar-refractivity contribution in [2.24, 2.45) is 0 Å². The molecule has 140 valence electrons. The smallest absolute Gasteiger partial charge is 0.135 e. The molecule has 28 heavy (non-hydrogen) atoms. The van der Waals surface area contributed by atoms with Crippen LogP contribution in [0, 0.1) is 0 Å². The third-order valence-corrected chi connectivity index (χ3v) is 7.02. The summed E-state index contributed by atoms with van der Waals surface area (Å²) in [6.45, 7) is 0. The predicted octanol–water partition coefficient (Wildman–Crippen LogP) is 6.20. The second-order valence-electron chi connectivity index (χ2n) is 6.65. The van der Waals surface area contributed by atoms with Crippen LogP contribution in [-0.2, 0) is 9.63 Å². The molecule has 0 aromatic heterocycles. The van der Waals surface area contributed by atoms with Crippen molar-refractivity contribution in [3.8, 4) is 22.3 Å². The number of hydrogen-bond donors (Lipinski definition) is 2. The van der Waals surface area contributed by atoms with E-state index in [0.29, 0.717) is 0 Å². The van der Waals surface area contributed by atoms with Gasteiger partial charge in [-0.05, 0) is 46.5 Å². The lowest BCUT2D eigenvalue weighted by atomic mass is 10.1. The summed E-state index contributed by atoms with van der Waals surface area (Å²) in [6, 6.07) is 32.4. The lowest BCUT2D eigenvalue weighted by Gasteiger charge is -2.31. The second kappa shape index (κ2) is 6.84. The molecule has 0 saturated carbocycles. The highest BCUT2D eigenvalue weighted by molar-refractivity contribution is 8.10. The van der Waals surface area contributed by atoms with E-state index in [4.69, 9.17) is 0 Å². The molecule has 2 N–H and O–H groups in total. The zero-order valence-corrected chi connectivity index (χ0v) is 15.9. The number of benzene rings is 4. The third-order valence-electron chi connectivity index (χ3n) is 4.77. The van der Waals surface area contributed by atoms with Gasteiger partial charge in [-0.15, -0.1) is 0 Å². The quantitative estimate of drug-likeness (QED) is 0.437. The Bertz CT molecular complexity index is 1060. The van der Waals surface area contributed by atoms with Crippen molar-refractivity contribution in [1.82, 2.24) is 0 Å². The van der Waals surface area contributed by atoms with E-state index in [2.05, 4.69) is 0 Å². The zero-order chi connectivity index (χ0) is 19.6. The topological polar surface area (TPSA) is 57.5 Å². The van der Waals surface area contributed by atoms with Gasteiger partial charge in [0.05, 0.1) is 9.79 Å². The van der Waals surface area contributed by atoms with Crippen LogP contribution in [0.4, 0.5) is 0 Å². The van der Waals surface area contributed by atoms with E-state index in [1.54, 1.807) is 24.3 Å². The van der Waals surface area contributed by atoms with Crippen LogP contribution in [0.15, 0.2) is 119 Å². The summed E-state index contributed by atoms with van der Waals surface area (Å²) in [5.41, 5.74) is 3.82. The summed E-state index contributed by atoms with van der Waals surface area (Å²) in [5.74, 6) is 0. The van der Waals surface area contributed by atoms with Gasteiger partial charge in [-0.3, -0.25) is 0 Å². The minimum Gasteiger partial charge on any atom is -0.301 e. The minimum atomic E-state index is -5.15. The normalized spacial score (nSPS) is 12.9. The lowest BCUT2D eigenvalue weighted by Crippen LogP contribution is -2.31. The van der Waals surface area contributed by atoms with Gasteiger partial charge >= 0.3 is 0 Å². The fraction of sp³-hybridized carbons (Fsp3) is 0. The van der Waals surface area contributed by atoms with Gasteiger partial charge in [0.25, 0.3) is 0 Å². The Hall–Kier alpha value is -3.05. The lowest BCUT2D eigenvalue weighted by molar-refractivity contribution is 0.390. The van der Waals surface area contributed by atoms with E-state index in [-0.39, 0.29) is 9.79 Å². The first-order valence-corrected chi connectivity index (χ1v) is 10.8. The summed E-state index contributed by atoms with van der Waals surface area (Å²) in [5, 5.41) is 0. The average molecular weight is 388 g/mol. The Morgan fingerprint density at radius 1 is 0.429 bits per heavy atom. The van der Waals surface area contributed by atoms with E-state index in [0.717, 1.165) is 22.3 Å². The van der Waals surface area contributed by atoms with Crippen molar-refractivity contribution in [3.63, 3.8) is 0 Å². The van der Waals surface area contributed by atoms with E-state index in [1.807, 2.05) is 60.7 Å². The van der Waals surface area contributed by atoms with E-state index in [1.165, 1.54) is 24.3 Å². The average Bonchev–Trinajstić information content (AvgIpc) is 2.75. The highest BCUT2D eigenvalue weighted by atomic mass is 32.3. The predicted molar refractivity (Wildman–Crippen MR) is 114 cm³/mol. The fourth-order valence-electron chi connectivity index (χ4n) is 3.18. The molecule has 0 amide bonds. The van der Waals surface area contributed by atoms with Crippen molar-refractivity contribution in [2.45, 2.75) is 9.79 Å². The highest BCUT2D eigenvalue weighted by Gasteiger charge is 2.35. The van der Waals surface area contributed by atoms with Gasteiger partial charge in [-0.1, -0.05) is 84.9 Å². The Balaban J connectivity index is 1.69. The van der Waals surface area contributed by atoms with Crippen molar-refractivity contribution in [3.05, 3.63) is 109 Å². The first kappa shape index (κ1) is 18.3. The maximum absolute atomic E-state index is 13.2. The molecule has 0 spiro atoms. The van der Waals surface area contributed by atoms with E-state index >= 15 is 0 Å². The van der Waals surface area contributed by atoms with Gasteiger partial charge in [0.15, 0.2) is 0 Å². The molecular formula is C24H20O3S. The van der Waals surface area contributed by atoms with Crippen LogP contribution in [0.2, 0.25) is 0 Å². The van der Waals surface area contributed by atoms with Gasteiger partial charge in [0.2, 0.25) is 0 Å². The van der Waals surface area contributed by atoms with Crippen LogP contribution in [0.5, 0.6) is 0 Å². The summed E-state index contributed by atoms with van der Waals surface area (Å²) in [7, 11) is -5.15. The SMILES string of the molecule is O=S(O)(O)(c1ccc(-c2ccccc2)cc1)c1ccc(-c2ccccc2)cc1. The van der Waals surface area contributed by atoms with Crippen LogP contribution in [0.3, 0.4) is 0 Å². The molecule has 0 fully saturated rings. The van der Waals surface area contributed by atoms with Gasteiger partial charge in [-0.2, -0.15) is 0 Å². The Labute approximate surface area is 164 Å². The van der Waals surface area contributed by atoms with Crippen molar-refractivity contribution < 1.29 is 13.3 Å². The summed E-state index contributed by atoms with van der Waals surface area (Å²) in [4.78, 5) is -0.0479. The summed E-state index contributed by atoms with van der Waals surface area (Å²) in [6.07, 6.45) is 0. The molecule has 0 heterocycles. The van der Waals surface area contributed by atoms with Crippen LogP contribution < -0.4 is 0 Å². The molecule has 3 nitrogen and oxygen atoms in total. The molecule has 0 unspecified atom stereocenters. The first-order chi connectivity index (χ1) is 13.4. The largest absolute Gasteiger partial charge is 0.301 e. The molecule has 0 radical (unpaired) electrons. The number of hydrogen-bond acceptors (Lipinski definition) is 1. The van der Waals surface area contributed by atoms with Crippen molar-refractivity contribution in [1.29, 1.82) is 0 Å². The monoisotopic (exact) mass is 388 g/mol. The Morgan fingerprint density at radius 3 is 1.04 bits per heavy atom. The summed E-state index contributed by atoms with van der Waals surface area (Å²) < 4.78 is 34.7. The maximum atomic E-state index is 13.2. The highest BCUT2D eigenvalue weighted by Crippen LogP contribution is 2.39. The van der Waals surface area contributed by atoms with Crippen molar-refractivity contribution >= 4 is 9.63 Å². The molecule has 4 aromatic carbocycles. The molecule has 4 heteroatoms. The second-order valence-corrected chi connectivity index (χ2v) is 9.32. The van der Waals surface area contributed by atoms with Gasteiger partial charge in [0.1, 0.15) is 9.63 Å². The van der Waals surface area contributed by atoms with E-state index < -0.39 is 9.63 Å². The molecule has 0 saturated heterocycles. The summed E-state index contributed by atoms with van der Waals surface area (Å²) >= 11 is 0. The molecule has 0 aliphatic carbocycles. The Kier molecular flexibility index (Phi) is 4.47. The molecule has 0 bridgehead atoms. The maximum Gasteiger partial charge on any atom is 0.135 e. The standard InChI is InChI=1S/C24H20O3S/c25-28(26,27,23-15-11-21(12-16-23)19-7-3-1-4-8-19)24-17-13-22(14-18-24)20-9-5-2-6-10-20/h1-18H,(H2,25,26,27). The molecule has 0 aliphatic rings. The molecule has 0 atom stereocenters.